The Balaban J connectivity index is 1.49. The van der Waals surface area contributed by atoms with Crippen LogP contribution in [0.15, 0.2) is 66.7 Å². The Labute approximate surface area is 214 Å². The van der Waals surface area contributed by atoms with Gasteiger partial charge in [-0.15, -0.1) is 0 Å². The summed E-state index contributed by atoms with van der Waals surface area (Å²) in [4.78, 5) is 28.3. The topological polar surface area (TPSA) is 73.5 Å². The molecule has 1 fully saturated rings. The van der Waals surface area contributed by atoms with Crippen molar-refractivity contribution in [3.8, 4) is 0 Å². The predicted molar refractivity (Wildman–Crippen MR) is 148 cm³/mol. The predicted octanol–water partition coefficient (Wildman–Crippen LogP) is 6.16. The van der Waals surface area contributed by atoms with Crippen molar-refractivity contribution in [1.29, 1.82) is 0 Å². The summed E-state index contributed by atoms with van der Waals surface area (Å²) < 4.78 is 0. The highest BCUT2D eigenvalue weighted by molar-refractivity contribution is 6.04. The molecule has 4 rings (SSSR count). The number of amides is 3. The van der Waals surface area contributed by atoms with E-state index in [4.69, 9.17) is 0 Å². The van der Waals surface area contributed by atoms with E-state index in [0.29, 0.717) is 23.7 Å². The molecule has 0 atom stereocenters. The van der Waals surface area contributed by atoms with Crippen LogP contribution in [0.4, 0.5) is 21.9 Å². The molecule has 3 N–H and O–H groups in total. The number of nitrogens with zero attached hydrogens (tertiary/aromatic N) is 1. The van der Waals surface area contributed by atoms with Crippen molar-refractivity contribution in [3.05, 3.63) is 89.0 Å². The Bertz CT molecular complexity index is 1200. The fraction of sp³-hybridized carbons (Fsp3) is 0.333. The zero-order valence-electron chi connectivity index (χ0n) is 21.4. The van der Waals surface area contributed by atoms with Gasteiger partial charge in [0.25, 0.3) is 5.91 Å². The summed E-state index contributed by atoms with van der Waals surface area (Å²) >= 11 is 0. The standard InChI is InChI=1S/C30H36N4O2/c1-21-15-18-34(19-16-21)28-13-12-25(32-30(36)33-27-11-7-8-22(2)23(27)3)20-26(28)29(35)31-17-14-24-9-5-4-6-10-24/h4-13,20-21H,14-19H2,1-3H3,(H,31,35)(H2,32,33,36). The van der Waals surface area contributed by atoms with E-state index in [1.54, 1.807) is 6.07 Å². The molecule has 6 nitrogen and oxygen atoms in total. The number of aryl methyl sites for hydroxylation is 1. The number of carbonyl (C=O) groups is 2. The van der Waals surface area contributed by atoms with E-state index < -0.39 is 0 Å². The van der Waals surface area contributed by atoms with Crippen LogP contribution in [0, 0.1) is 19.8 Å². The van der Waals surface area contributed by atoms with E-state index in [0.717, 1.165) is 54.9 Å². The van der Waals surface area contributed by atoms with Crippen molar-refractivity contribution in [1.82, 2.24) is 5.32 Å². The second-order valence-corrected chi connectivity index (χ2v) is 9.72. The van der Waals surface area contributed by atoms with Gasteiger partial charge >= 0.3 is 6.03 Å². The summed E-state index contributed by atoms with van der Waals surface area (Å²) in [5.41, 5.74) is 6.18. The summed E-state index contributed by atoms with van der Waals surface area (Å²) in [7, 11) is 0. The molecule has 188 valence electrons. The van der Waals surface area contributed by atoms with Crippen molar-refractivity contribution in [2.75, 3.05) is 35.2 Å². The first kappa shape index (κ1) is 25.3. The Morgan fingerprint density at radius 3 is 2.42 bits per heavy atom. The van der Waals surface area contributed by atoms with E-state index >= 15 is 0 Å². The van der Waals surface area contributed by atoms with Crippen LogP contribution < -0.4 is 20.9 Å². The molecule has 0 unspecified atom stereocenters. The van der Waals surface area contributed by atoms with Crippen molar-refractivity contribution in [2.45, 2.75) is 40.0 Å². The molecule has 3 aromatic carbocycles. The summed E-state index contributed by atoms with van der Waals surface area (Å²) in [6.45, 7) is 8.66. The van der Waals surface area contributed by atoms with Gasteiger partial charge in [-0.3, -0.25) is 4.79 Å². The highest BCUT2D eigenvalue weighted by atomic mass is 16.2. The molecule has 1 heterocycles. The molecule has 0 aromatic heterocycles. The van der Waals surface area contributed by atoms with Crippen molar-refractivity contribution >= 4 is 29.0 Å². The minimum atomic E-state index is -0.335. The first-order valence-corrected chi connectivity index (χ1v) is 12.8. The van der Waals surface area contributed by atoms with E-state index in [1.165, 1.54) is 5.56 Å². The lowest BCUT2D eigenvalue weighted by Gasteiger charge is -2.33. The quantitative estimate of drug-likeness (QED) is 0.376. The smallest absolute Gasteiger partial charge is 0.323 e. The van der Waals surface area contributed by atoms with Crippen LogP contribution in [-0.4, -0.2) is 31.6 Å². The van der Waals surface area contributed by atoms with Gasteiger partial charge in [-0.1, -0.05) is 49.4 Å². The average Bonchev–Trinajstić information content (AvgIpc) is 2.88. The Kier molecular flexibility index (Phi) is 8.26. The number of benzene rings is 3. The van der Waals surface area contributed by atoms with E-state index in [-0.39, 0.29) is 11.9 Å². The van der Waals surface area contributed by atoms with Gasteiger partial charge in [0.1, 0.15) is 0 Å². The van der Waals surface area contributed by atoms with Crippen LogP contribution in [0.25, 0.3) is 0 Å². The van der Waals surface area contributed by atoms with E-state index in [1.807, 2.05) is 62.4 Å². The summed E-state index contributed by atoms with van der Waals surface area (Å²) in [6.07, 6.45) is 2.97. The van der Waals surface area contributed by atoms with Gasteiger partial charge in [0.15, 0.2) is 0 Å². The van der Waals surface area contributed by atoms with Crippen molar-refractivity contribution in [3.63, 3.8) is 0 Å². The lowest BCUT2D eigenvalue weighted by Crippen LogP contribution is -2.35. The van der Waals surface area contributed by atoms with Gasteiger partial charge in [0.2, 0.25) is 0 Å². The van der Waals surface area contributed by atoms with Gasteiger partial charge < -0.3 is 20.9 Å². The van der Waals surface area contributed by atoms with Crippen molar-refractivity contribution < 1.29 is 9.59 Å². The molecule has 0 aliphatic carbocycles. The zero-order chi connectivity index (χ0) is 25.5. The lowest BCUT2D eigenvalue weighted by molar-refractivity contribution is 0.0954. The number of carbonyl (C=O) groups excluding carboxylic acids is 2. The lowest BCUT2D eigenvalue weighted by atomic mass is 9.97. The molecular formula is C30H36N4O2. The number of nitrogens with one attached hydrogen (secondary N) is 3. The Hall–Kier alpha value is -3.80. The molecule has 1 aliphatic rings. The summed E-state index contributed by atoms with van der Waals surface area (Å²) in [5.74, 6) is 0.567. The molecule has 0 saturated carbocycles. The highest BCUT2D eigenvalue weighted by Crippen LogP contribution is 2.29. The first-order valence-electron chi connectivity index (χ1n) is 12.8. The molecule has 6 heteroatoms. The van der Waals surface area contributed by atoms with Crippen LogP contribution in [0.3, 0.4) is 0 Å². The minimum Gasteiger partial charge on any atom is -0.371 e. The second-order valence-electron chi connectivity index (χ2n) is 9.72. The average molecular weight is 485 g/mol. The zero-order valence-corrected chi connectivity index (χ0v) is 21.4. The van der Waals surface area contributed by atoms with Gasteiger partial charge in [0.05, 0.1) is 5.56 Å². The van der Waals surface area contributed by atoms with Gasteiger partial charge in [-0.25, -0.2) is 4.79 Å². The normalized spacial score (nSPS) is 13.8. The molecule has 0 radical (unpaired) electrons. The minimum absolute atomic E-state index is 0.127. The van der Waals surface area contributed by atoms with Crippen LogP contribution in [-0.2, 0) is 6.42 Å². The Morgan fingerprint density at radius 1 is 0.917 bits per heavy atom. The molecule has 0 bridgehead atoms. The third-order valence-electron chi connectivity index (χ3n) is 7.02. The number of anilines is 3. The molecule has 36 heavy (non-hydrogen) atoms. The molecule has 3 amide bonds. The second kappa shape index (κ2) is 11.8. The summed E-state index contributed by atoms with van der Waals surface area (Å²) in [5, 5.41) is 8.90. The Morgan fingerprint density at radius 2 is 1.67 bits per heavy atom. The van der Waals surface area contributed by atoms with Gasteiger partial charge in [-0.2, -0.15) is 0 Å². The third kappa shape index (κ3) is 6.45. The maximum atomic E-state index is 13.3. The fourth-order valence-corrected chi connectivity index (χ4v) is 4.55. The SMILES string of the molecule is Cc1cccc(NC(=O)Nc2ccc(N3CCC(C)CC3)c(C(=O)NCCc3ccccc3)c2)c1C. The van der Waals surface area contributed by atoms with Crippen LogP contribution >= 0.6 is 0 Å². The van der Waals surface area contributed by atoms with E-state index in [2.05, 4.69) is 39.9 Å². The maximum absolute atomic E-state index is 13.3. The van der Waals surface area contributed by atoms with Gasteiger partial charge in [-0.05, 0) is 80.0 Å². The van der Waals surface area contributed by atoms with Gasteiger partial charge in [0, 0.05) is 36.7 Å². The van der Waals surface area contributed by atoms with Crippen LogP contribution in [0.1, 0.15) is 46.8 Å². The largest absolute Gasteiger partial charge is 0.371 e. The number of urea groups is 1. The number of hydrogen-bond acceptors (Lipinski definition) is 3. The van der Waals surface area contributed by atoms with Crippen LogP contribution in [0.2, 0.25) is 0 Å². The molecular weight excluding hydrogens is 448 g/mol. The molecule has 3 aromatic rings. The number of piperidine rings is 1. The number of hydrogen-bond donors (Lipinski definition) is 3. The van der Waals surface area contributed by atoms with Crippen LogP contribution in [0.5, 0.6) is 0 Å². The highest BCUT2D eigenvalue weighted by Gasteiger charge is 2.22. The van der Waals surface area contributed by atoms with Crippen molar-refractivity contribution in [2.24, 2.45) is 5.92 Å². The molecule has 0 spiro atoms. The first-order chi connectivity index (χ1) is 17.4. The fourth-order valence-electron chi connectivity index (χ4n) is 4.55. The molecule has 1 aliphatic heterocycles. The monoisotopic (exact) mass is 484 g/mol. The third-order valence-corrected chi connectivity index (χ3v) is 7.02. The van der Waals surface area contributed by atoms with E-state index in [9.17, 15) is 9.59 Å². The number of rotatable bonds is 7. The molecule has 1 saturated heterocycles. The summed E-state index contributed by atoms with van der Waals surface area (Å²) in [6, 6.07) is 21.2. The maximum Gasteiger partial charge on any atom is 0.323 e.